The number of carboxylic acids is 1. The van der Waals surface area contributed by atoms with Gasteiger partial charge >= 0.3 is 13.1 Å². The van der Waals surface area contributed by atoms with Crippen LogP contribution in [0.5, 0.6) is 0 Å². The zero-order valence-corrected chi connectivity index (χ0v) is 14.2. The molecule has 11 heteroatoms. The average molecular weight is 366 g/mol. The van der Waals surface area contributed by atoms with E-state index in [9.17, 15) is 19.5 Å². The molecule has 1 aliphatic carbocycles. The number of rotatable bonds is 8. The fourth-order valence-corrected chi connectivity index (χ4v) is 3.63. The molecule has 2 unspecified atom stereocenters. The van der Waals surface area contributed by atoms with Gasteiger partial charge in [-0.15, -0.1) is 0 Å². The van der Waals surface area contributed by atoms with E-state index in [1.165, 1.54) is 0 Å². The van der Waals surface area contributed by atoms with Crippen LogP contribution >= 0.6 is 0 Å². The van der Waals surface area contributed by atoms with Crippen LogP contribution in [0.3, 0.4) is 0 Å². The number of anilines is 2. The summed E-state index contributed by atoms with van der Waals surface area (Å²) >= 11 is 0. The van der Waals surface area contributed by atoms with Crippen molar-refractivity contribution in [3.05, 3.63) is 20.4 Å². The second kappa shape index (κ2) is 6.65. The van der Waals surface area contributed by atoms with Crippen LogP contribution in [0.1, 0.15) is 19.3 Å². The van der Waals surface area contributed by atoms with Crippen LogP contribution in [0.25, 0.3) is 0 Å². The summed E-state index contributed by atoms with van der Waals surface area (Å²) in [4.78, 5) is 37.2. The summed E-state index contributed by atoms with van der Waals surface area (Å²) in [6, 6.07) is -0.111. The normalized spacial score (nSPS) is 30.6. The first-order chi connectivity index (χ1) is 12.1. The molecule has 1 saturated carbocycles. The maximum Gasteiger partial charge on any atom is 0.451 e. The summed E-state index contributed by atoms with van der Waals surface area (Å²) in [5, 5.41) is 30.4. The Hall–Kier alpha value is -1.95. The molecule has 1 saturated heterocycles. The first-order valence-corrected chi connectivity index (χ1v) is 8.64. The molecule has 3 rings (SSSR count). The Morgan fingerprint density at radius 3 is 2.54 bits per heavy atom. The minimum atomic E-state index is -1.58. The molecule has 1 heterocycles. The molecule has 0 bridgehead atoms. The third-order valence-electron chi connectivity index (χ3n) is 5.41. The first-order valence-electron chi connectivity index (χ1n) is 8.64. The van der Waals surface area contributed by atoms with E-state index in [2.05, 4.69) is 5.32 Å². The van der Waals surface area contributed by atoms with Gasteiger partial charge in [-0.05, 0) is 19.2 Å². The maximum absolute atomic E-state index is 12.1. The van der Waals surface area contributed by atoms with E-state index in [-0.39, 0.29) is 42.9 Å². The first kappa shape index (κ1) is 18.8. The van der Waals surface area contributed by atoms with Crippen molar-refractivity contribution >= 4 is 24.5 Å². The van der Waals surface area contributed by atoms with E-state index in [1.807, 2.05) is 0 Å². The third kappa shape index (κ3) is 3.23. The minimum Gasteiger partial charge on any atom is -0.480 e. The van der Waals surface area contributed by atoms with Crippen LogP contribution in [-0.2, 0) is 4.79 Å². The van der Waals surface area contributed by atoms with Crippen molar-refractivity contribution in [2.24, 2.45) is 17.4 Å². The lowest BCUT2D eigenvalue weighted by Gasteiger charge is -2.26. The van der Waals surface area contributed by atoms with Crippen molar-refractivity contribution in [3.8, 4) is 0 Å². The monoisotopic (exact) mass is 366 g/mol. The largest absolute Gasteiger partial charge is 0.480 e. The summed E-state index contributed by atoms with van der Waals surface area (Å²) in [6.07, 6.45) is 1.57. The van der Waals surface area contributed by atoms with Crippen LogP contribution in [0.4, 0.5) is 11.4 Å². The summed E-state index contributed by atoms with van der Waals surface area (Å²) in [7, 11) is -1.46. The van der Waals surface area contributed by atoms with Crippen molar-refractivity contribution < 1.29 is 19.9 Å². The Balaban J connectivity index is 1.77. The summed E-state index contributed by atoms with van der Waals surface area (Å²) in [5.41, 5.74) is 9.34. The molecule has 0 aromatic heterocycles. The molecule has 10 nitrogen and oxygen atoms in total. The highest BCUT2D eigenvalue weighted by molar-refractivity contribution is 6.40. The molecule has 2 fully saturated rings. The van der Waals surface area contributed by atoms with E-state index in [1.54, 1.807) is 4.90 Å². The summed E-state index contributed by atoms with van der Waals surface area (Å²) < 4.78 is 0. The summed E-state index contributed by atoms with van der Waals surface area (Å²) in [5.74, 6) is -1.67. The number of aliphatic carboxylic acids is 1. The standard InChI is InChI=1S/C15H23BN4O6/c17-8-4-9(8)19-10-11(13(22)12(10)21)20-5-7(2-1-3-16(25)26)15(18,6-20)14(23)24/h7-9,19,25-26H,1-6,17-18H2,(H,23,24)/t7-,8?,9?,15-/m0/s1. The Morgan fingerprint density at radius 2 is 2.00 bits per heavy atom. The average Bonchev–Trinajstić information content (AvgIpc) is 3.16. The van der Waals surface area contributed by atoms with Crippen LogP contribution in [0.2, 0.25) is 6.32 Å². The topological polar surface area (TPSA) is 179 Å². The van der Waals surface area contributed by atoms with E-state index >= 15 is 0 Å². The Kier molecular flexibility index (Phi) is 4.82. The molecule has 0 spiro atoms. The van der Waals surface area contributed by atoms with Gasteiger partial charge in [0.2, 0.25) is 0 Å². The fourth-order valence-electron chi connectivity index (χ4n) is 3.63. The quantitative estimate of drug-likeness (QED) is 0.209. The van der Waals surface area contributed by atoms with Gasteiger partial charge in [0.05, 0.1) is 0 Å². The van der Waals surface area contributed by atoms with Gasteiger partial charge < -0.3 is 36.8 Å². The second-order valence-corrected chi connectivity index (χ2v) is 7.37. The van der Waals surface area contributed by atoms with Gasteiger partial charge in [0.15, 0.2) is 0 Å². The third-order valence-corrected chi connectivity index (χ3v) is 5.41. The lowest BCUT2D eigenvalue weighted by molar-refractivity contribution is -0.144. The molecule has 8 N–H and O–H groups in total. The van der Waals surface area contributed by atoms with Gasteiger partial charge in [-0.25, -0.2) is 0 Å². The Labute approximate surface area is 149 Å². The second-order valence-electron chi connectivity index (χ2n) is 7.37. The van der Waals surface area contributed by atoms with Gasteiger partial charge in [0.1, 0.15) is 16.9 Å². The van der Waals surface area contributed by atoms with Crippen LogP contribution in [0, 0.1) is 5.92 Å². The van der Waals surface area contributed by atoms with Crippen LogP contribution < -0.4 is 32.5 Å². The van der Waals surface area contributed by atoms with E-state index in [4.69, 9.17) is 21.5 Å². The highest BCUT2D eigenvalue weighted by Gasteiger charge is 2.51. The van der Waals surface area contributed by atoms with E-state index < -0.39 is 35.4 Å². The van der Waals surface area contributed by atoms with Gasteiger partial charge in [-0.1, -0.05) is 6.42 Å². The number of carbonyl (C=O) groups is 1. The molecule has 1 aliphatic heterocycles. The van der Waals surface area contributed by atoms with Gasteiger partial charge in [0.25, 0.3) is 10.9 Å². The molecule has 1 aromatic rings. The van der Waals surface area contributed by atoms with Gasteiger partial charge in [-0.2, -0.15) is 0 Å². The fraction of sp³-hybridized carbons (Fsp3) is 0.667. The van der Waals surface area contributed by atoms with E-state index in [0.29, 0.717) is 19.3 Å². The highest BCUT2D eigenvalue weighted by atomic mass is 16.4. The highest BCUT2D eigenvalue weighted by Crippen LogP contribution is 2.36. The molecule has 142 valence electrons. The van der Waals surface area contributed by atoms with Crippen molar-refractivity contribution in [1.29, 1.82) is 0 Å². The number of carboxylic acid groups (broad SMARTS) is 1. The molecule has 1 aromatic carbocycles. The van der Waals surface area contributed by atoms with Crippen LogP contribution in [-0.4, -0.2) is 59.0 Å². The Bertz CT molecular complexity index is 779. The molecule has 26 heavy (non-hydrogen) atoms. The van der Waals surface area contributed by atoms with Gasteiger partial charge in [0, 0.05) is 31.1 Å². The number of hydrogen-bond acceptors (Lipinski definition) is 9. The lowest BCUT2D eigenvalue weighted by atomic mass is 9.78. The zero-order chi connectivity index (χ0) is 19.2. The summed E-state index contributed by atoms with van der Waals surface area (Å²) in [6.45, 7) is 0.117. The molecular formula is C15H23BN4O6. The molecule has 2 aliphatic rings. The molecule has 4 atom stereocenters. The maximum atomic E-state index is 12.1. The van der Waals surface area contributed by atoms with E-state index in [0.717, 1.165) is 0 Å². The number of nitrogens with one attached hydrogen (secondary N) is 1. The van der Waals surface area contributed by atoms with Gasteiger partial charge in [-0.3, -0.25) is 14.4 Å². The molecule has 0 amide bonds. The van der Waals surface area contributed by atoms with Crippen molar-refractivity contribution in [2.45, 2.75) is 43.2 Å². The van der Waals surface area contributed by atoms with Crippen molar-refractivity contribution in [3.63, 3.8) is 0 Å². The number of nitrogens with two attached hydrogens (primary N) is 2. The SMILES string of the molecule is NC1CC1Nc1c(N2C[C@H](CCCB(O)O)[C@](N)(C(=O)O)C2)c(=O)c1=O. The molecular weight excluding hydrogens is 343 g/mol. The Morgan fingerprint density at radius 1 is 1.35 bits per heavy atom. The predicted octanol–water partition coefficient (Wildman–Crippen LogP) is -2.73. The lowest BCUT2D eigenvalue weighted by Crippen LogP contribution is -2.55. The number of nitrogens with zero attached hydrogens (tertiary/aromatic N) is 1. The molecule has 0 radical (unpaired) electrons. The van der Waals surface area contributed by atoms with Crippen LogP contribution in [0.15, 0.2) is 9.59 Å². The predicted molar refractivity (Wildman–Crippen MR) is 95.8 cm³/mol. The van der Waals surface area contributed by atoms with Crippen molar-refractivity contribution in [2.75, 3.05) is 23.3 Å². The zero-order valence-electron chi connectivity index (χ0n) is 14.2. The minimum absolute atomic E-state index is 0.0522. The van der Waals surface area contributed by atoms with Crippen molar-refractivity contribution in [1.82, 2.24) is 0 Å². The number of hydrogen-bond donors (Lipinski definition) is 6. The smallest absolute Gasteiger partial charge is 0.451 e.